The van der Waals surface area contributed by atoms with Crippen molar-refractivity contribution in [2.45, 2.75) is 25.8 Å². The topological polar surface area (TPSA) is 110 Å². The van der Waals surface area contributed by atoms with Crippen LogP contribution in [0.4, 0.5) is 5.69 Å². The highest BCUT2D eigenvalue weighted by atomic mass is 35.5. The van der Waals surface area contributed by atoms with Crippen LogP contribution in [0.15, 0.2) is 18.2 Å². The van der Waals surface area contributed by atoms with Gasteiger partial charge in [0, 0.05) is 12.1 Å². The van der Waals surface area contributed by atoms with Gasteiger partial charge in [-0.05, 0) is 12.5 Å². The predicted octanol–water partition coefficient (Wildman–Crippen LogP) is 2.23. The fourth-order valence-corrected chi connectivity index (χ4v) is 1.84. The van der Waals surface area contributed by atoms with Crippen molar-refractivity contribution in [3.05, 3.63) is 38.9 Å². The Labute approximate surface area is 119 Å². The van der Waals surface area contributed by atoms with Gasteiger partial charge in [0.1, 0.15) is 6.04 Å². The molecule has 1 aromatic rings. The standard InChI is InChI=1S/C12H13ClN2O5/c1-2-3-10(12(17)18)14-11(16)8-5-4-7(15(19)20)6-9(8)13/h4-6,10H,2-3H2,1H3,(H,14,16)(H,17,18). The predicted molar refractivity (Wildman–Crippen MR) is 71.9 cm³/mol. The van der Waals surface area contributed by atoms with E-state index >= 15 is 0 Å². The fraction of sp³-hybridized carbons (Fsp3) is 0.333. The molecule has 1 atom stereocenters. The van der Waals surface area contributed by atoms with Crippen LogP contribution in [0.2, 0.25) is 5.02 Å². The first kappa shape index (κ1) is 15.9. The number of carboxylic acid groups (broad SMARTS) is 1. The van der Waals surface area contributed by atoms with Gasteiger partial charge in [-0.1, -0.05) is 24.9 Å². The molecular weight excluding hydrogens is 288 g/mol. The Morgan fingerprint density at radius 1 is 1.50 bits per heavy atom. The average Bonchev–Trinajstić information content (AvgIpc) is 2.37. The van der Waals surface area contributed by atoms with E-state index in [1.165, 1.54) is 6.07 Å². The zero-order chi connectivity index (χ0) is 15.3. The van der Waals surface area contributed by atoms with Gasteiger partial charge in [-0.3, -0.25) is 14.9 Å². The number of carbonyl (C=O) groups is 2. The Balaban J connectivity index is 2.92. The molecule has 0 saturated heterocycles. The molecule has 0 heterocycles. The van der Waals surface area contributed by atoms with Gasteiger partial charge in [0.05, 0.1) is 15.5 Å². The van der Waals surface area contributed by atoms with Gasteiger partial charge in [0.15, 0.2) is 0 Å². The fourth-order valence-electron chi connectivity index (χ4n) is 1.58. The quantitative estimate of drug-likeness (QED) is 0.618. The summed E-state index contributed by atoms with van der Waals surface area (Å²) < 4.78 is 0. The zero-order valence-electron chi connectivity index (χ0n) is 10.6. The zero-order valence-corrected chi connectivity index (χ0v) is 11.4. The summed E-state index contributed by atoms with van der Waals surface area (Å²) in [6.45, 7) is 1.79. The lowest BCUT2D eigenvalue weighted by atomic mass is 10.1. The summed E-state index contributed by atoms with van der Waals surface area (Å²) in [5.74, 6) is -1.82. The van der Waals surface area contributed by atoms with E-state index in [1.807, 2.05) is 0 Å². The van der Waals surface area contributed by atoms with Crippen LogP contribution in [0.1, 0.15) is 30.1 Å². The summed E-state index contributed by atoms with van der Waals surface area (Å²) in [4.78, 5) is 32.8. The number of hydrogen-bond acceptors (Lipinski definition) is 4. The molecule has 0 spiro atoms. The number of nitro groups is 1. The van der Waals surface area contributed by atoms with Crippen molar-refractivity contribution in [2.75, 3.05) is 0 Å². The van der Waals surface area contributed by atoms with Crippen molar-refractivity contribution in [2.24, 2.45) is 0 Å². The summed E-state index contributed by atoms with van der Waals surface area (Å²) in [5, 5.41) is 21.7. The number of amides is 1. The van der Waals surface area contributed by atoms with Crippen molar-refractivity contribution in [1.82, 2.24) is 5.32 Å². The molecule has 2 N–H and O–H groups in total. The van der Waals surface area contributed by atoms with E-state index in [0.29, 0.717) is 6.42 Å². The summed E-state index contributed by atoms with van der Waals surface area (Å²) in [6.07, 6.45) is 0.872. The number of halogens is 1. The third kappa shape index (κ3) is 3.92. The second-order valence-corrected chi connectivity index (χ2v) is 4.48. The van der Waals surface area contributed by atoms with Crippen LogP contribution in [0.3, 0.4) is 0 Å². The minimum absolute atomic E-state index is 0.000352. The lowest BCUT2D eigenvalue weighted by Gasteiger charge is -2.14. The number of nitrogens with one attached hydrogen (secondary N) is 1. The molecule has 20 heavy (non-hydrogen) atoms. The third-order valence-corrected chi connectivity index (χ3v) is 2.90. The Kier molecular flexibility index (Phi) is 5.45. The monoisotopic (exact) mass is 300 g/mol. The molecule has 0 aliphatic carbocycles. The normalized spacial score (nSPS) is 11.7. The van der Waals surface area contributed by atoms with Crippen LogP contribution >= 0.6 is 11.6 Å². The van der Waals surface area contributed by atoms with Crippen LogP contribution in [-0.4, -0.2) is 27.9 Å². The van der Waals surface area contributed by atoms with Crippen molar-refractivity contribution >= 4 is 29.2 Å². The molecule has 108 valence electrons. The Morgan fingerprint density at radius 2 is 2.15 bits per heavy atom. The lowest BCUT2D eigenvalue weighted by Crippen LogP contribution is -2.40. The summed E-state index contributed by atoms with van der Waals surface area (Å²) in [6, 6.07) is 2.36. The number of non-ortho nitro benzene ring substituents is 1. The second-order valence-electron chi connectivity index (χ2n) is 4.07. The average molecular weight is 301 g/mol. The van der Waals surface area contributed by atoms with Crippen molar-refractivity contribution < 1.29 is 19.6 Å². The smallest absolute Gasteiger partial charge is 0.326 e. The molecule has 0 aliphatic rings. The molecule has 0 saturated carbocycles. The van der Waals surface area contributed by atoms with Gasteiger partial charge in [-0.15, -0.1) is 0 Å². The molecule has 7 nitrogen and oxygen atoms in total. The number of benzene rings is 1. The Morgan fingerprint density at radius 3 is 2.60 bits per heavy atom. The van der Waals surface area contributed by atoms with E-state index < -0.39 is 22.8 Å². The highest BCUT2D eigenvalue weighted by Crippen LogP contribution is 2.22. The molecule has 0 aromatic heterocycles. The maximum atomic E-state index is 11.9. The van der Waals surface area contributed by atoms with Crippen LogP contribution in [0, 0.1) is 10.1 Å². The van der Waals surface area contributed by atoms with E-state index in [-0.39, 0.29) is 22.7 Å². The maximum Gasteiger partial charge on any atom is 0.326 e. The highest BCUT2D eigenvalue weighted by Gasteiger charge is 2.21. The minimum atomic E-state index is -1.14. The number of carboxylic acids is 1. The molecule has 1 rings (SSSR count). The van der Waals surface area contributed by atoms with Gasteiger partial charge in [-0.2, -0.15) is 0 Å². The van der Waals surface area contributed by atoms with Crippen molar-refractivity contribution in [3.8, 4) is 0 Å². The van der Waals surface area contributed by atoms with Gasteiger partial charge in [-0.25, -0.2) is 4.79 Å². The largest absolute Gasteiger partial charge is 0.480 e. The number of hydrogen-bond donors (Lipinski definition) is 2. The first-order valence-corrected chi connectivity index (χ1v) is 6.22. The Bertz CT molecular complexity index is 547. The molecule has 8 heteroatoms. The van der Waals surface area contributed by atoms with E-state index in [4.69, 9.17) is 16.7 Å². The third-order valence-electron chi connectivity index (χ3n) is 2.59. The molecule has 1 aromatic carbocycles. The number of carbonyl (C=O) groups excluding carboxylic acids is 1. The molecule has 0 fully saturated rings. The van der Waals surface area contributed by atoms with Gasteiger partial charge >= 0.3 is 5.97 Å². The molecular formula is C12H13ClN2O5. The number of nitrogens with zero attached hydrogens (tertiary/aromatic N) is 1. The van der Waals surface area contributed by atoms with Crippen LogP contribution in [0.25, 0.3) is 0 Å². The SMILES string of the molecule is CCCC(NC(=O)c1ccc([N+](=O)[O-])cc1Cl)C(=O)O. The first-order valence-electron chi connectivity index (χ1n) is 5.84. The van der Waals surface area contributed by atoms with Gasteiger partial charge in [0.2, 0.25) is 0 Å². The summed E-state index contributed by atoms with van der Waals surface area (Å²) in [5.41, 5.74) is -0.241. The van der Waals surface area contributed by atoms with E-state index in [2.05, 4.69) is 5.32 Å². The van der Waals surface area contributed by atoms with Gasteiger partial charge in [0.25, 0.3) is 11.6 Å². The number of rotatable bonds is 6. The van der Waals surface area contributed by atoms with E-state index in [9.17, 15) is 19.7 Å². The van der Waals surface area contributed by atoms with Crippen molar-refractivity contribution in [3.63, 3.8) is 0 Å². The number of aliphatic carboxylic acids is 1. The Hall–Kier alpha value is -2.15. The van der Waals surface area contributed by atoms with Crippen molar-refractivity contribution in [1.29, 1.82) is 0 Å². The summed E-state index contributed by atoms with van der Waals surface area (Å²) >= 11 is 5.80. The molecule has 0 aliphatic heterocycles. The molecule has 0 radical (unpaired) electrons. The van der Waals surface area contributed by atoms with Gasteiger partial charge < -0.3 is 10.4 Å². The number of nitro benzene ring substituents is 1. The lowest BCUT2D eigenvalue weighted by molar-refractivity contribution is -0.384. The maximum absolute atomic E-state index is 11.9. The second kappa shape index (κ2) is 6.85. The highest BCUT2D eigenvalue weighted by molar-refractivity contribution is 6.34. The summed E-state index contributed by atoms with van der Waals surface area (Å²) in [7, 11) is 0. The molecule has 1 amide bonds. The van der Waals surface area contributed by atoms with Crippen LogP contribution < -0.4 is 5.32 Å². The van der Waals surface area contributed by atoms with Crippen LogP contribution in [0.5, 0.6) is 0 Å². The van der Waals surface area contributed by atoms with E-state index in [1.54, 1.807) is 6.92 Å². The minimum Gasteiger partial charge on any atom is -0.480 e. The molecule has 1 unspecified atom stereocenters. The first-order chi connectivity index (χ1) is 9.36. The van der Waals surface area contributed by atoms with Crippen LogP contribution in [-0.2, 0) is 4.79 Å². The van der Waals surface area contributed by atoms with E-state index in [0.717, 1.165) is 12.1 Å². The molecule has 0 bridgehead atoms.